The van der Waals surface area contributed by atoms with Crippen LogP contribution < -0.4 is 0 Å². The first-order valence-corrected chi connectivity index (χ1v) is 7.30. The minimum Gasteiger partial charge on any atom is -0.289 e. The van der Waals surface area contributed by atoms with Crippen molar-refractivity contribution in [2.45, 2.75) is 0 Å². The summed E-state index contributed by atoms with van der Waals surface area (Å²) in [7, 11) is 0. The fraction of sp³-hybridized carbons (Fsp3) is 0. The minimum atomic E-state index is -0.363. The normalized spacial score (nSPS) is 10.8. The van der Waals surface area contributed by atoms with Gasteiger partial charge in [-0.2, -0.15) is 0 Å². The van der Waals surface area contributed by atoms with Gasteiger partial charge in [0.1, 0.15) is 5.82 Å². The molecule has 0 saturated carbocycles. The molecule has 4 heteroatoms. The SMILES string of the molecule is O=C(c1ccc(F)cc1Br)c1cccc2ccsc12. The summed E-state index contributed by atoms with van der Waals surface area (Å²) in [6, 6.07) is 11.7. The van der Waals surface area contributed by atoms with Crippen LogP contribution in [0.1, 0.15) is 15.9 Å². The smallest absolute Gasteiger partial charge is 0.195 e. The topological polar surface area (TPSA) is 17.1 Å². The Morgan fingerprint density at radius 2 is 1.95 bits per heavy atom. The summed E-state index contributed by atoms with van der Waals surface area (Å²) in [5, 5.41) is 3.01. The Balaban J connectivity index is 2.16. The van der Waals surface area contributed by atoms with E-state index in [9.17, 15) is 9.18 Å². The molecular formula is C15H8BrFOS. The Labute approximate surface area is 121 Å². The lowest BCUT2D eigenvalue weighted by Gasteiger charge is -2.05. The summed E-state index contributed by atoms with van der Waals surface area (Å²) >= 11 is 4.78. The molecule has 0 bridgehead atoms. The van der Waals surface area contributed by atoms with Crippen molar-refractivity contribution in [3.8, 4) is 0 Å². The van der Waals surface area contributed by atoms with Gasteiger partial charge in [-0.05, 0) is 57.0 Å². The van der Waals surface area contributed by atoms with Gasteiger partial charge in [-0.25, -0.2) is 4.39 Å². The average molecular weight is 335 g/mol. The van der Waals surface area contributed by atoms with Gasteiger partial charge < -0.3 is 0 Å². The summed E-state index contributed by atoms with van der Waals surface area (Å²) in [6.45, 7) is 0. The fourth-order valence-electron chi connectivity index (χ4n) is 1.99. The molecule has 2 aromatic carbocycles. The van der Waals surface area contributed by atoms with Crippen LogP contribution in [0.5, 0.6) is 0 Å². The molecule has 1 heterocycles. The van der Waals surface area contributed by atoms with Crippen LogP contribution in [-0.4, -0.2) is 5.78 Å². The van der Waals surface area contributed by atoms with E-state index in [0.29, 0.717) is 15.6 Å². The quantitative estimate of drug-likeness (QED) is 0.600. The van der Waals surface area contributed by atoms with Crippen LogP contribution in [0.2, 0.25) is 0 Å². The molecule has 3 rings (SSSR count). The van der Waals surface area contributed by atoms with E-state index >= 15 is 0 Å². The molecule has 0 spiro atoms. The van der Waals surface area contributed by atoms with Gasteiger partial charge in [0, 0.05) is 20.3 Å². The van der Waals surface area contributed by atoms with Crippen molar-refractivity contribution in [2.75, 3.05) is 0 Å². The van der Waals surface area contributed by atoms with Crippen LogP contribution in [0.15, 0.2) is 52.3 Å². The molecule has 3 aromatic rings. The van der Waals surface area contributed by atoms with Gasteiger partial charge in [0.2, 0.25) is 0 Å². The molecular weight excluding hydrogens is 327 g/mol. The molecule has 19 heavy (non-hydrogen) atoms. The molecule has 94 valence electrons. The first kappa shape index (κ1) is 12.5. The molecule has 1 nitrogen and oxygen atoms in total. The molecule has 0 saturated heterocycles. The molecule has 0 fully saturated rings. The van der Waals surface area contributed by atoms with Gasteiger partial charge in [-0.3, -0.25) is 4.79 Å². The average Bonchev–Trinajstić information content (AvgIpc) is 2.86. The summed E-state index contributed by atoms with van der Waals surface area (Å²) in [4.78, 5) is 12.5. The van der Waals surface area contributed by atoms with Crippen LogP contribution >= 0.6 is 27.3 Å². The molecule has 1 aromatic heterocycles. The zero-order valence-corrected chi connectivity index (χ0v) is 12.1. The van der Waals surface area contributed by atoms with Crippen LogP contribution in [0, 0.1) is 5.82 Å². The molecule has 0 N–H and O–H groups in total. The summed E-state index contributed by atoms with van der Waals surface area (Å²) in [6.07, 6.45) is 0. The van der Waals surface area contributed by atoms with Crippen molar-refractivity contribution in [2.24, 2.45) is 0 Å². The maximum absolute atomic E-state index is 13.1. The maximum Gasteiger partial charge on any atom is 0.195 e. The zero-order chi connectivity index (χ0) is 13.4. The van der Waals surface area contributed by atoms with Gasteiger partial charge in [-0.1, -0.05) is 12.1 Å². The lowest BCUT2D eigenvalue weighted by Crippen LogP contribution is -2.02. The van der Waals surface area contributed by atoms with Gasteiger partial charge in [0.15, 0.2) is 5.78 Å². The standard InChI is InChI=1S/C15H8BrFOS/c16-13-8-10(17)4-5-11(13)14(18)12-3-1-2-9-6-7-19-15(9)12/h1-8H. The number of fused-ring (bicyclic) bond motifs is 1. The highest BCUT2D eigenvalue weighted by molar-refractivity contribution is 9.10. The monoisotopic (exact) mass is 334 g/mol. The number of ketones is 1. The van der Waals surface area contributed by atoms with Crippen molar-refractivity contribution in [3.63, 3.8) is 0 Å². The summed E-state index contributed by atoms with van der Waals surface area (Å²) in [5.41, 5.74) is 1.13. The van der Waals surface area contributed by atoms with E-state index in [1.807, 2.05) is 23.6 Å². The van der Waals surface area contributed by atoms with E-state index in [0.717, 1.165) is 10.1 Å². The second kappa shape index (κ2) is 4.87. The Morgan fingerprint density at radius 3 is 2.74 bits per heavy atom. The molecule has 0 unspecified atom stereocenters. The third-order valence-corrected chi connectivity index (χ3v) is 4.52. The first-order valence-electron chi connectivity index (χ1n) is 5.63. The molecule has 0 aliphatic heterocycles. The van der Waals surface area contributed by atoms with Gasteiger partial charge in [0.05, 0.1) is 0 Å². The third kappa shape index (κ3) is 2.22. The van der Waals surface area contributed by atoms with Crippen LogP contribution in [0.25, 0.3) is 10.1 Å². The number of hydrogen-bond acceptors (Lipinski definition) is 2. The molecule has 0 aliphatic rings. The number of rotatable bonds is 2. The van der Waals surface area contributed by atoms with Gasteiger partial charge >= 0.3 is 0 Å². The van der Waals surface area contributed by atoms with E-state index in [2.05, 4.69) is 15.9 Å². The maximum atomic E-state index is 13.1. The van der Waals surface area contributed by atoms with E-state index in [1.165, 1.54) is 29.5 Å². The van der Waals surface area contributed by atoms with Crippen molar-refractivity contribution >= 4 is 43.1 Å². The van der Waals surface area contributed by atoms with Gasteiger partial charge in [0.25, 0.3) is 0 Å². The third-order valence-electron chi connectivity index (χ3n) is 2.90. The number of halogens is 2. The van der Waals surface area contributed by atoms with E-state index in [1.54, 1.807) is 6.07 Å². The number of benzene rings is 2. The second-order valence-corrected chi connectivity index (χ2v) is 5.87. The predicted molar refractivity (Wildman–Crippen MR) is 79.4 cm³/mol. The van der Waals surface area contributed by atoms with Gasteiger partial charge in [-0.15, -0.1) is 11.3 Å². The Hall–Kier alpha value is -1.52. The number of thiophene rings is 1. The van der Waals surface area contributed by atoms with Crippen molar-refractivity contribution in [1.82, 2.24) is 0 Å². The predicted octanol–water partition coefficient (Wildman–Crippen LogP) is 5.03. The molecule has 0 radical (unpaired) electrons. The van der Waals surface area contributed by atoms with Crippen molar-refractivity contribution < 1.29 is 9.18 Å². The highest BCUT2D eigenvalue weighted by Gasteiger charge is 2.16. The lowest BCUT2D eigenvalue weighted by atomic mass is 10.0. The number of carbonyl (C=O) groups excluding carboxylic acids is 1. The largest absolute Gasteiger partial charge is 0.289 e. The molecule has 0 amide bonds. The summed E-state index contributed by atoms with van der Waals surface area (Å²) in [5.74, 6) is -0.460. The van der Waals surface area contributed by atoms with E-state index in [4.69, 9.17) is 0 Å². The first-order chi connectivity index (χ1) is 9.16. The minimum absolute atomic E-state index is 0.0973. The number of hydrogen-bond donors (Lipinski definition) is 0. The van der Waals surface area contributed by atoms with Crippen LogP contribution in [0.3, 0.4) is 0 Å². The second-order valence-electron chi connectivity index (χ2n) is 4.10. The van der Waals surface area contributed by atoms with Crippen LogP contribution in [0.4, 0.5) is 4.39 Å². The molecule has 0 atom stereocenters. The number of carbonyl (C=O) groups is 1. The highest BCUT2D eigenvalue weighted by Crippen LogP contribution is 2.28. The zero-order valence-electron chi connectivity index (χ0n) is 9.69. The molecule has 0 aliphatic carbocycles. The van der Waals surface area contributed by atoms with Crippen LogP contribution in [-0.2, 0) is 0 Å². The Bertz CT molecular complexity index is 779. The fourth-order valence-corrected chi connectivity index (χ4v) is 3.43. The highest BCUT2D eigenvalue weighted by atomic mass is 79.9. The van der Waals surface area contributed by atoms with Crippen molar-refractivity contribution in [3.05, 3.63) is 69.3 Å². The summed E-state index contributed by atoms with van der Waals surface area (Å²) < 4.78 is 14.5. The lowest BCUT2D eigenvalue weighted by molar-refractivity contribution is 0.103. The van der Waals surface area contributed by atoms with E-state index in [-0.39, 0.29) is 11.6 Å². The van der Waals surface area contributed by atoms with E-state index < -0.39 is 0 Å². The Morgan fingerprint density at radius 1 is 1.11 bits per heavy atom. The Kier molecular flexibility index (Phi) is 3.21. The van der Waals surface area contributed by atoms with Crippen molar-refractivity contribution in [1.29, 1.82) is 0 Å².